The second-order valence-electron chi connectivity index (χ2n) is 7.70. The zero-order valence-corrected chi connectivity index (χ0v) is 21.8. The van der Waals surface area contributed by atoms with E-state index in [0.717, 1.165) is 49.7 Å². The summed E-state index contributed by atoms with van der Waals surface area (Å²) in [5.41, 5.74) is 1.50. The van der Waals surface area contributed by atoms with Gasteiger partial charge < -0.3 is 10.6 Å². The number of carbonyl (C=O) groups is 2. The van der Waals surface area contributed by atoms with Crippen molar-refractivity contribution in [1.82, 2.24) is 10.6 Å². The van der Waals surface area contributed by atoms with Crippen LogP contribution in [0.5, 0.6) is 0 Å². The summed E-state index contributed by atoms with van der Waals surface area (Å²) in [4.78, 5) is 23.8. The van der Waals surface area contributed by atoms with E-state index in [1.54, 1.807) is 48.6 Å². The number of amides is 2. The molecule has 0 aliphatic heterocycles. The molecule has 0 heterocycles. The minimum atomic E-state index is -0.144. The van der Waals surface area contributed by atoms with E-state index in [1.165, 1.54) is 12.2 Å². The van der Waals surface area contributed by atoms with Crippen LogP contribution < -0.4 is 10.6 Å². The fraction of sp³-hybridized carbons (Fsp3) is 0.308. The fourth-order valence-corrected chi connectivity index (χ4v) is 4.05. The van der Waals surface area contributed by atoms with Crippen LogP contribution in [0.4, 0.5) is 0 Å². The number of nitrogens with one attached hydrogen (secondary N) is 2. The molecule has 8 heteroatoms. The Morgan fingerprint density at radius 1 is 0.618 bits per heavy atom. The third-order valence-corrected chi connectivity index (χ3v) is 6.08. The normalized spacial score (nSPS) is 11.3. The van der Waals surface area contributed by atoms with Gasteiger partial charge in [0.1, 0.15) is 0 Å². The van der Waals surface area contributed by atoms with Gasteiger partial charge in [0.25, 0.3) is 0 Å². The maximum absolute atomic E-state index is 11.9. The van der Waals surface area contributed by atoms with Crippen LogP contribution in [-0.2, 0) is 9.59 Å². The Labute approximate surface area is 221 Å². The number of carbonyl (C=O) groups excluding carboxylic acids is 2. The van der Waals surface area contributed by atoms with Crippen molar-refractivity contribution in [2.75, 3.05) is 13.1 Å². The van der Waals surface area contributed by atoms with Crippen LogP contribution in [0.1, 0.15) is 49.7 Å². The number of hydrogen-bond donors (Lipinski definition) is 2. The van der Waals surface area contributed by atoms with Crippen molar-refractivity contribution in [3.63, 3.8) is 0 Å². The van der Waals surface area contributed by atoms with Gasteiger partial charge in [-0.1, -0.05) is 84.2 Å². The van der Waals surface area contributed by atoms with E-state index in [4.69, 9.17) is 46.4 Å². The smallest absolute Gasteiger partial charge is 0.243 e. The molecule has 0 aliphatic rings. The van der Waals surface area contributed by atoms with Gasteiger partial charge in [0, 0.05) is 45.3 Å². The van der Waals surface area contributed by atoms with Crippen LogP contribution in [0.2, 0.25) is 20.1 Å². The second kappa shape index (κ2) is 15.8. The van der Waals surface area contributed by atoms with Crippen LogP contribution in [0.25, 0.3) is 12.2 Å². The molecule has 0 atom stereocenters. The maximum atomic E-state index is 11.9. The van der Waals surface area contributed by atoms with Gasteiger partial charge in [-0.15, -0.1) is 0 Å². The van der Waals surface area contributed by atoms with Gasteiger partial charge in [-0.05, 0) is 60.4 Å². The lowest BCUT2D eigenvalue weighted by Crippen LogP contribution is -2.22. The van der Waals surface area contributed by atoms with Gasteiger partial charge in [-0.3, -0.25) is 9.59 Å². The maximum Gasteiger partial charge on any atom is 0.243 e. The Morgan fingerprint density at radius 3 is 1.38 bits per heavy atom. The second-order valence-corrected chi connectivity index (χ2v) is 9.39. The largest absolute Gasteiger partial charge is 0.353 e. The number of unbranched alkanes of at least 4 members (excludes halogenated alkanes) is 5. The van der Waals surface area contributed by atoms with Crippen LogP contribution in [0.15, 0.2) is 48.6 Å². The predicted octanol–water partition coefficient (Wildman–Crippen LogP) is 7.60. The van der Waals surface area contributed by atoms with E-state index < -0.39 is 0 Å². The highest BCUT2D eigenvalue weighted by Crippen LogP contribution is 2.22. The molecule has 0 radical (unpaired) electrons. The van der Waals surface area contributed by atoms with E-state index in [1.807, 2.05) is 0 Å². The first-order valence-corrected chi connectivity index (χ1v) is 12.7. The van der Waals surface area contributed by atoms with Crippen molar-refractivity contribution in [2.24, 2.45) is 0 Å². The summed E-state index contributed by atoms with van der Waals surface area (Å²) in [5, 5.41) is 7.89. The van der Waals surface area contributed by atoms with Crippen molar-refractivity contribution in [1.29, 1.82) is 0 Å². The van der Waals surface area contributed by atoms with Crippen LogP contribution >= 0.6 is 46.4 Å². The van der Waals surface area contributed by atoms with Gasteiger partial charge in [0.05, 0.1) is 0 Å². The minimum absolute atomic E-state index is 0.144. The molecule has 2 N–H and O–H groups in total. The number of hydrogen-bond acceptors (Lipinski definition) is 2. The molecule has 0 spiro atoms. The molecular weight excluding hydrogens is 514 g/mol. The van der Waals surface area contributed by atoms with Gasteiger partial charge in [-0.2, -0.15) is 0 Å². The first-order valence-electron chi connectivity index (χ1n) is 11.2. The minimum Gasteiger partial charge on any atom is -0.353 e. The average molecular weight is 542 g/mol. The molecule has 182 valence electrons. The van der Waals surface area contributed by atoms with Crippen LogP contribution in [-0.4, -0.2) is 24.9 Å². The molecule has 0 unspecified atom stereocenters. The molecule has 2 aromatic carbocycles. The Morgan fingerprint density at radius 2 is 1.00 bits per heavy atom. The summed E-state index contributed by atoms with van der Waals surface area (Å²) in [6.45, 7) is 1.27. The highest BCUT2D eigenvalue weighted by molar-refractivity contribution is 6.36. The zero-order chi connectivity index (χ0) is 24.8. The Kier molecular flexibility index (Phi) is 13.2. The van der Waals surface area contributed by atoms with Crippen molar-refractivity contribution in [3.8, 4) is 0 Å². The zero-order valence-electron chi connectivity index (χ0n) is 18.8. The summed E-state index contributed by atoms with van der Waals surface area (Å²) in [6.07, 6.45) is 12.4. The SMILES string of the molecule is O=C(/C=C/c1ccc(Cl)cc1Cl)NCCCCCCCCNC(=O)/C=C/c1ccc(Cl)cc1Cl. The highest BCUT2D eigenvalue weighted by atomic mass is 35.5. The number of rotatable bonds is 13. The van der Waals surface area contributed by atoms with Gasteiger partial charge >= 0.3 is 0 Å². The van der Waals surface area contributed by atoms with Crippen molar-refractivity contribution >= 4 is 70.4 Å². The van der Waals surface area contributed by atoms with E-state index in [9.17, 15) is 9.59 Å². The third kappa shape index (κ3) is 11.4. The molecule has 2 aromatic rings. The van der Waals surface area contributed by atoms with Crippen molar-refractivity contribution in [3.05, 3.63) is 79.8 Å². The van der Waals surface area contributed by atoms with Crippen molar-refractivity contribution in [2.45, 2.75) is 38.5 Å². The van der Waals surface area contributed by atoms with E-state index in [2.05, 4.69) is 10.6 Å². The molecule has 4 nitrogen and oxygen atoms in total. The highest BCUT2D eigenvalue weighted by Gasteiger charge is 2.01. The predicted molar refractivity (Wildman–Crippen MR) is 145 cm³/mol. The Balaban J connectivity index is 1.47. The topological polar surface area (TPSA) is 58.2 Å². The van der Waals surface area contributed by atoms with Gasteiger partial charge in [0.15, 0.2) is 0 Å². The van der Waals surface area contributed by atoms with Gasteiger partial charge in [0.2, 0.25) is 11.8 Å². The van der Waals surface area contributed by atoms with Crippen LogP contribution in [0, 0.1) is 0 Å². The molecule has 0 aliphatic carbocycles. The van der Waals surface area contributed by atoms with E-state index in [0.29, 0.717) is 33.2 Å². The van der Waals surface area contributed by atoms with Crippen molar-refractivity contribution < 1.29 is 9.59 Å². The standard InChI is InChI=1S/C26H28Cl4N2O2/c27-21-11-7-19(23(29)17-21)9-13-25(33)31-15-5-3-1-2-4-6-16-32-26(34)14-10-20-8-12-22(28)18-24(20)30/h7-14,17-18H,1-6,15-16H2,(H,31,33)(H,32,34)/b13-9+,14-10+. The number of benzene rings is 2. The molecule has 0 aromatic heterocycles. The average Bonchev–Trinajstić information content (AvgIpc) is 2.79. The molecule has 34 heavy (non-hydrogen) atoms. The molecule has 2 amide bonds. The summed E-state index contributed by atoms with van der Waals surface area (Å²) < 4.78 is 0. The van der Waals surface area contributed by atoms with E-state index >= 15 is 0 Å². The summed E-state index contributed by atoms with van der Waals surface area (Å²) in [7, 11) is 0. The summed E-state index contributed by atoms with van der Waals surface area (Å²) >= 11 is 23.9. The first kappa shape index (κ1) is 28.3. The molecule has 0 bridgehead atoms. The quantitative estimate of drug-likeness (QED) is 0.202. The summed E-state index contributed by atoms with van der Waals surface area (Å²) in [5.74, 6) is -0.289. The lowest BCUT2D eigenvalue weighted by Gasteiger charge is -2.04. The number of halogens is 4. The third-order valence-electron chi connectivity index (χ3n) is 4.96. The fourth-order valence-electron chi connectivity index (χ4n) is 3.10. The molecule has 0 saturated carbocycles. The molecule has 2 rings (SSSR count). The Bertz CT molecular complexity index is 940. The summed E-state index contributed by atoms with van der Waals surface area (Å²) in [6, 6.07) is 10.3. The molecule has 0 saturated heterocycles. The molecular formula is C26H28Cl4N2O2. The monoisotopic (exact) mass is 540 g/mol. The van der Waals surface area contributed by atoms with Gasteiger partial charge in [-0.25, -0.2) is 0 Å². The Hall–Kier alpha value is -1.98. The first-order chi connectivity index (χ1) is 16.3. The van der Waals surface area contributed by atoms with E-state index in [-0.39, 0.29) is 11.8 Å². The van der Waals surface area contributed by atoms with Crippen LogP contribution in [0.3, 0.4) is 0 Å². The lowest BCUT2D eigenvalue weighted by molar-refractivity contribution is -0.117. The molecule has 0 fully saturated rings. The lowest BCUT2D eigenvalue weighted by atomic mass is 10.1.